The van der Waals surface area contributed by atoms with Crippen molar-refractivity contribution in [1.29, 1.82) is 0 Å². The molecular weight excluding hydrogens is 314 g/mol. The molecule has 0 bridgehead atoms. The Labute approximate surface area is 134 Å². The van der Waals surface area contributed by atoms with Crippen LogP contribution in [0.4, 0.5) is 0 Å². The van der Waals surface area contributed by atoms with Crippen LogP contribution in [0.3, 0.4) is 0 Å². The summed E-state index contributed by atoms with van der Waals surface area (Å²) in [5.74, 6) is 5.30. The summed E-state index contributed by atoms with van der Waals surface area (Å²) in [4.78, 5) is 4.59. The van der Waals surface area contributed by atoms with Gasteiger partial charge in [-0.05, 0) is 29.3 Å². The minimum atomic E-state index is -1.72. The van der Waals surface area contributed by atoms with Crippen LogP contribution in [-0.2, 0) is 11.0 Å². The van der Waals surface area contributed by atoms with Crippen LogP contribution in [0.15, 0.2) is 58.9 Å². The maximum absolute atomic E-state index is 11.8. The van der Waals surface area contributed by atoms with Crippen molar-refractivity contribution in [2.75, 3.05) is 0 Å². The van der Waals surface area contributed by atoms with E-state index in [-0.39, 0.29) is 5.84 Å². The fraction of sp³-hybridized carbons (Fsp3) is 0. The van der Waals surface area contributed by atoms with Crippen LogP contribution in [-0.4, -0.2) is 19.4 Å². The lowest BCUT2D eigenvalue weighted by Crippen LogP contribution is -2.25. The molecule has 1 aromatic carbocycles. The van der Waals surface area contributed by atoms with E-state index in [1.807, 2.05) is 35.0 Å². The molecule has 0 saturated heterocycles. The quantitative estimate of drug-likeness (QED) is 0.232. The number of hydrogen-bond donors (Lipinski definition) is 4. The van der Waals surface area contributed by atoms with Gasteiger partial charge in [-0.25, -0.2) is 25.7 Å². The molecule has 2 heterocycles. The van der Waals surface area contributed by atoms with Crippen LogP contribution >= 0.6 is 0 Å². The molecule has 0 saturated carbocycles. The first-order valence-electron chi connectivity index (χ1n) is 6.63. The van der Waals surface area contributed by atoms with Crippen LogP contribution in [0.1, 0.15) is 5.56 Å². The number of fused-ring (bicyclic) bond motifs is 1. The van der Waals surface area contributed by atoms with Gasteiger partial charge in [0.05, 0.1) is 4.90 Å². The Balaban J connectivity index is 2.27. The molecule has 0 spiro atoms. The molecule has 1 unspecified atom stereocenters. The van der Waals surface area contributed by atoms with Crippen molar-refractivity contribution < 1.29 is 4.21 Å². The van der Waals surface area contributed by atoms with Gasteiger partial charge < -0.3 is 10.1 Å². The maximum Gasteiger partial charge on any atom is 0.154 e. The Kier molecular flexibility index (Phi) is 4.06. The second-order valence-corrected chi connectivity index (χ2v) is 5.75. The number of hydrazone groups is 1. The average Bonchev–Trinajstić information content (AvgIpc) is 3.01. The van der Waals surface area contributed by atoms with Gasteiger partial charge in [-0.2, -0.15) is 0 Å². The molecule has 0 aliphatic carbocycles. The van der Waals surface area contributed by atoms with Gasteiger partial charge in [0, 0.05) is 24.2 Å². The monoisotopic (exact) mass is 329 g/mol. The molecular formula is C14H15N7OS. The lowest BCUT2D eigenvalue weighted by atomic mass is 10.0. The maximum atomic E-state index is 11.8. The highest BCUT2D eigenvalue weighted by Crippen LogP contribution is 2.27. The highest BCUT2D eigenvalue weighted by atomic mass is 32.2. The minimum Gasteiger partial charge on any atom is -0.382 e. The number of aromatic nitrogens is 2. The minimum absolute atomic E-state index is 0.0997. The largest absolute Gasteiger partial charge is 0.382 e. The zero-order chi connectivity index (χ0) is 16.4. The molecule has 7 N–H and O–H groups in total. The fourth-order valence-corrected chi connectivity index (χ4v) is 3.04. The normalized spacial score (nSPS) is 13.2. The summed E-state index contributed by atoms with van der Waals surface area (Å²) in [5, 5.41) is 9.35. The smallest absolute Gasteiger partial charge is 0.154 e. The molecule has 0 fully saturated rings. The molecule has 0 aliphatic rings. The molecule has 0 amide bonds. The Bertz CT molecular complexity index is 918. The van der Waals surface area contributed by atoms with Gasteiger partial charge in [-0.3, -0.25) is 0 Å². The van der Waals surface area contributed by atoms with Crippen LogP contribution in [0.5, 0.6) is 0 Å². The number of rotatable bonds is 4. The number of nitrogens with two attached hydrogens (primary N) is 3. The Morgan fingerprint density at radius 2 is 2.13 bits per heavy atom. The van der Waals surface area contributed by atoms with E-state index in [4.69, 9.17) is 16.7 Å². The van der Waals surface area contributed by atoms with Crippen LogP contribution in [0.25, 0.3) is 16.8 Å². The fourth-order valence-electron chi connectivity index (χ4n) is 2.41. The van der Waals surface area contributed by atoms with Crippen molar-refractivity contribution in [2.24, 2.45) is 21.8 Å². The van der Waals surface area contributed by atoms with E-state index in [1.54, 1.807) is 18.3 Å². The first-order chi connectivity index (χ1) is 11.1. The van der Waals surface area contributed by atoms with Gasteiger partial charge in [0.25, 0.3) is 0 Å². The van der Waals surface area contributed by atoms with Gasteiger partial charge in [-0.1, -0.05) is 12.1 Å². The number of amidine groups is 1. The van der Waals surface area contributed by atoms with Gasteiger partial charge in [0.2, 0.25) is 0 Å². The first kappa shape index (κ1) is 15.2. The van der Waals surface area contributed by atoms with Crippen molar-refractivity contribution in [2.45, 2.75) is 4.90 Å². The van der Waals surface area contributed by atoms with Crippen molar-refractivity contribution in [3.8, 4) is 11.1 Å². The van der Waals surface area contributed by atoms with E-state index in [1.165, 1.54) is 0 Å². The summed E-state index contributed by atoms with van der Waals surface area (Å²) < 4.78 is 13.7. The Morgan fingerprint density at radius 1 is 1.30 bits per heavy atom. The number of nitrogens with zero attached hydrogens (tertiary/aromatic N) is 3. The molecule has 3 aromatic rings. The van der Waals surface area contributed by atoms with Gasteiger partial charge in [-0.15, -0.1) is 5.10 Å². The molecule has 3 rings (SSSR count). The molecule has 23 heavy (non-hydrogen) atoms. The number of hydrazine groups is 1. The third-order valence-electron chi connectivity index (χ3n) is 3.38. The third-order valence-corrected chi connectivity index (χ3v) is 4.16. The van der Waals surface area contributed by atoms with E-state index in [0.29, 0.717) is 10.5 Å². The Morgan fingerprint density at radius 3 is 2.87 bits per heavy atom. The van der Waals surface area contributed by atoms with Gasteiger partial charge >= 0.3 is 0 Å². The first-order valence-corrected chi connectivity index (χ1v) is 7.84. The van der Waals surface area contributed by atoms with Crippen molar-refractivity contribution in [1.82, 2.24) is 14.9 Å². The third kappa shape index (κ3) is 2.80. The predicted molar refractivity (Wildman–Crippen MR) is 89.3 cm³/mol. The van der Waals surface area contributed by atoms with Crippen molar-refractivity contribution in [3.63, 3.8) is 0 Å². The molecule has 1 atom stereocenters. The molecule has 8 nitrogen and oxygen atoms in total. The number of nitrogens with one attached hydrogen (secondary N) is 1. The number of benzene rings is 1. The van der Waals surface area contributed by atoms with Crippen LogP contribution in [0, 0.1) is 0 Å². The van der Waals surface area contributed by atoms with E-state index in [2.05, 4.69) is 15.6 Å². The molecule has 2 aromatic heterocycles. The second-order valence-electron chi connectivity index (χ2n) is 4.71. The summed E-state index contributed by atoms with van der Waals surface area (Å²) in [7, 11) is -1.72. The SMILES string of the molecule is NN/N=C(\N)c1c(-c2ccc3nccn3c2)cccc1S(N)=O. The number of pyridine rings is 1. The summed E-state index contributed by atoms with van der Waals surface area (Å²) in [6.07, 6.45) is 5.44. The predicted octanol–water partition coefficient (Wildman–Crippen LogP) is 0.0662. The highest BCUT2D eigenvalue weighted by molar-refractivity contribution is 7.82. The number of hydrogen-bond acceptors (Lipinski definition) is 5. The standard InChI is InChI=1S/C14H15N7OS/c15-14(19-20-16)13-10(2-1-3-11(13)23(17)22)9-4-5-12-18-6-7-21(12)8-9/h1-8,20H,16-17H2,(H2,15,19). The zero-order valence-electron chi connectivity index (χ0n) is 12.0. The summed E-state index contributed by atoms with van der Waals surface area (Å²) in [6.45, 7) is 0. The number of imidazole rings is 1. The van der Waals surface area contributed by atoms with E-state index >= 15 is 0 Å². The molecule has 0 aliphatic heterocycles. The lowest BCUT2D eigenvalue weighted by Gasteiger charge is -2.13. The van der Waals surface area contributed by atoms with E-state index in [9.17, 15) is 4.21 Å². The van der Waals surface area contributed by atoms with Gasteiger partial charge in [0.15, 0.2) is 5.84 Å². The summed E-state index contributed by atoms with van der Waals surface area (Å²) >= 11 is 0. The van der Waals surface area contributed by atoms with Gasteiger partial charge in [0.1, 0.15) is 16.6 Å². The zero-order valence-corrected chi connectivity index (χ0v) is 12.8. The summed E-state index contributed by atoms with van der Waals surface area (Å²) in [6, 6.07) is 9.03. The summed E-state index contributed by atoms with van der Waals surface area (Å²) in [5.41, 5.74) is 11.0. The van der Waals surface area contributed by atoms with Crippen LogP contribution < -0.4 is 22.3 Å². The van der Waals surface area contributed by atoms with Crippen molar-refractivity contribution >= 4 is 22.5 Å². The molecule has 118 valence electrons. The van der Waals surface area contributed by atoms with Crippen LogP contribution in [0.2, 0.25) is 0 Å². The van der Waals surface area contributed by atoms with E-state index in [0.717, 1.165) is 16.8 Å². The topological polar surface area (TPSA) is 137 Å². The highest BCUT2D eigenvalue weighted by Gasteiger charge is 2.17. The Hall–Kier alpha value is -2.75. The lowest BCUT2D eigenvalue weighted by molar-refractivity contribution is 0.684. The van der Waals surface area contributed by atoms with Crippen molar-refractivity contribution in [3.05, 3.63) is 54.5 Å². The second kappa shape index (κ2) is 6.16. The molecule has 0 radical (unpaired) electrons. The average molecular weight is 329 g/mol. The van der Waals surface area contributed by atoms with E-state index < -0.39 is 11.0 Å². The molecule has 9 heteroatoms.